The van der Waals surface area contributed by atoms with E-state index >= 15 is 0 Å². The standard InChI is InChI=1S/C14H22FN3O/c15-12-1-3-14(4-2-12)18-9-7-17(8-10-18)6-5-13(16)11-19/h1-4,13,19H,5-11,16H2. The van der Waals surface area contributed by atoms with Gasteiger partial charge in [-0.1, -0.05) is 0 Å². The van der Waals surface area contributed by atoms with Gasteiger partial charge in [-0.2, -0.15) is 0 Å². The number of piperazine rings is 1. The SMILES string of the molecule is NC(CO)CCN1CCN(c2ccc(F)cc2)CC1. The summed E-state index contributed by atoms with van der Waals surface area (Å²) in [6.07, 6.45) is 0.826. The summed E-state index contributed by atoms with van der Waals surface area (Å²) in [5, 5.41) is 8.90. The first-order valence-corrected chi connectivity index (χ1v) is 6.78. The zero-order valence-electron chi connectivity index (χ0n) is 11.1. The van der Waals surface area contributed by atoms with Crippen molar-refractivity contribution in [3.05, 3.63) is 30.1 Å². The fourth-order valence-corrected chi connectivity index (χ4v) is 2.32. The van der Waals surface area contributed by atoms with Gasteiger partial charge in [-0.25, -0.2) is 4.39 Å². The van der Waals surface area contributed by atoms with Crippen LogP contribution in [0.3, 0.4) is 0 Å². The molecule has 19 heavy (non-hydrogen) atoms. The molecule has 2 rings (SSSR count). The molecule has 1 fully saturated rings. The van der Waals surface area contributed by atoms with Crippen LogP contribution in [0.1, 0.15) is 6.42 Å². The first-order valence-electron chi connectivity index (χ1n) is 6.78. The van der Waals surface area contributed by atoms with Gasteiger partial charge in [-0.3, -0.25) is 4.90 Å². The van der Waals surface area contributed by atoms with Crippen LogP contribution in [0.5, 0.6) is 0 Å². The van der Waals surface area contributed by atoms with Crippen LogP contribution in [0, 0.1) is 5.82 Å². The Bertz CT molecular complexity index is 377. The van der Waals surface area contributed by atoms with Gasteiger partial charge in [0.1, 0.15) is 5.82 Å². The minimum absolute atomic E-state index is 0.0511. The van der Waals surface area contributed by atoms with Gasteiger partial charge in [0.2, 0.25) is 0 Å². The molecule has 1 heterocycles. The molecule has 1 aliphatic heterocycles. The van der Waals surface area contributed by atoms with Crippen LogP contribution >= 0.6 is 0 Å². The first kappa shape index (κ1) is 14.2. The van der Waals surface area contributed by atoms with Crippen molar-refractivity contribution in [3.63, 3.8) is 0 Å². The minimum atomic E-state index is -0.194. The second kappa shape index (κ2) is 6.84. The third-order valence-electron chi connectivity index (χ3n) is 3.61. The number of aliphatic hydroxyl groups is 1. The maximum absolute atomic E-state index is 12.9. The summed E-state index contributed by atoms with van der Waals surface area (Å²) < 4.78 is 12.9. The predicted molar refractivity (Wildman–Crippen MR) is 74.7 cm³/mol. The van der Waals surface area contributed by atoms with E-state index in [0.29, 0.717) is 0 Å². The van der Waals surface area contributed by atoms with Crippen LogP contribution < -0.4 is 10.6 Å². The molecule has 0 aromatic heterocycles. The molecule has 1 atom stereocenters. The summed E-state index contributed by atoms with van der Waals surface area (Å²) in [7, 11) is 0. The van der Waals surface area contributed by atoms with Crippen LogP contribution in [-0.2, 0) is 0 Å². The van der Waals surface area contributed by atoms with Crippen molar-refractivity contribution in [2.75, 3.05) is 44.2 Å². The lowest BCUT2D eigenvalue weighted by Crippen LogP contribution is -2.47. The molecular weight excluding hydrogens is 245 g/mol. The third kappa shape index (κ3) is 4.16. The van der Waals surface area contributed by atoms with Crippen molar-refractivity contribution in [1.29, 1.82) is 0 Å². The van der Waals surface area contributed by atoms with E-state index < -0.39 is 0 Å². The molecule has 1 unspecified atom stereocenters. The normalized spacial score (nSPS) is 18.6. The Morgan fingerprint density at radius 1 is 1.16 bits per heavy atom. The molecule has 1 aromatic carbocycles. The second-order valence-corrected chi connectivity index (χ2v) is 5.04. The van der Waals surface area contributed by atoms with Crippen molar-refractivity contribution >= 4 is 5.69 Å². The quantitative estimate of drug-likeness (QED) is 0.823. The minimum Gasteiger partial charge on any atom is -0.395 e. The van der Waals surface area contributed by atoms with E-state index in [1.807, 2.05) is 12.1 Å². The molecule has 4 nitrogen and oxygen atoms in total. The molecule has 5 heteroatoms. The van der Waals surface area contributed by atoms with E-state index in [1.54, 1.807) is 0 Å². The van der Waals surface area contributed by atoms with Gasteiger partial charge in [-0.05, 0) is 37.2 Å². The van der Waals surface area contributed by atoms with Gasteiger partial charge in [0, 0.05) is 37.9 Å². The van der Waals surface area contributed by atoms with E-state index in [2.05, 4.69) is 9.80 Å². The Morgan fingerprint density at radius 3 is 2.37 bits per heavy atom. The number of nitrogens with zero attached hydrogens (tertiary/aromatic N) is 2. The Labute approximate surface area is 113 Å². The lowest BCUT2D eigenvalue weighted by molar-refractivity contribution is 0.217. The van der Waals surface area contributed by atoms with Crippen LogP contribution in [0.15, 0.2) is 24.3 Å². The number of rotatable bonds is 5. The Morgan fingerprint density at radius 2 is 1.79 bits per heavy atom. The van der Waals surface area contributed by atoms with Crippen molar-refractivity contribution in [1.82, 2.24) is 4.90 Å². The number of hydrogen-bond acceptors (Lipinski definition) is 4. The van der Waals surface area contributed by atoms with E-state index in [4.69, 9.17) is 10.8 Å². The van der Waals surface area contributed by atoms with Gasteiger partial charge in [0.25, 0.3) is 0 Å². The number of aliphatic hydroxyl groups excluding tert-OH is 1. The number of nitrogens with two attached hydrogens (primary N) is 1. The molecule has 0 aliphatic carbocycles. The highest BCUT2D eigenvalue weighted by Crippen LogP contribution is 2.16. The van der Waals surface area contributed by atoms with Crippen molar-refractivity contribution in [2.45, 2.75) is 12.5 Å². The van der Waals surface area contributed by atoms with Crippen molar-refractivity contribution in [2.24, 2.45) is 5.73 Å². The number of hydrogen-bond donors (Lipinski definition) is 2. The Kier molecular flexibility index (Phi) is 5.13. The molecule has 0 spiro atoms. The lowest BCUT2D eigenvalue weighted by Gasteiger charge is -2.36. The van der Waals surface area contributed by atoms with Crippen LogP contribution in [0.25, 0.3) is 0 Å². The highest BCUT2D eigenvalue weighted by atomic mass is 19.1. The van der Waals surface area contributed by atoms with Gasteiger partial charge < -0.3 is 15.7 Å². The predicted octanol–water partition coefficient (Wildman–Crippen LogP) is 0.657. The lowest BCUT2D eigenvalue weighted by atomic mass is 10.2. The van der Waals surface area contributed by atoms with Crippen molar-refractivity contribution < 1.29 is 9.50 Å². The molecule has 3 N–H and O–H groups in total. The van der Waals surface area contributed by atoms with Crippen LogP contribution in [0.2, 0.25) is 0 Å². The summed E-state index contributed by atoms with van der Waals surface area (Å²) in [4.78, 5) is 4.62. The van der Waals surface area contributed by atoms with E-state index in [0.717, 1.165) is 44.8 Å². The Balaban J connectivity index is 1.77. The molecule has 1 aliphatic rings. The van der Waals surface area contributed by atoms with Gasteiger partial charge in [0.15, 0.2) is 0 Å². The number of anilines is 1. The maximum Gasteiger partial charge on any atom is 0.123 e. The van der Waals surface area contributed by atoms with E-state index in [1.165, 1.54) is 12.1 Å². The third-order valence-corrected chi connectivity index (χ3v) is 3.61. The molecule has 106 valence electrons. The molecule has 1 saturated heterocycles. The molecule has 1 aromatic rings. The summed E-state index contributed by atoms with van der Waals surface area (Å²) in [6.45, 7) is 4.83. The fraction of sp³-hybridized carbons (Fsp3) is 0.571. The second-order valence-electron chi connectivity index (χ2n) is 5.04. The highest BCUT2D eigenvalue weighted by molar-refractivity contribution is 5.46. The number of benzene rings is 1. The van der Waals surface area contributed by atoms with E-state index in [9.17, 15) is 4.39 Å². The number of halogens is 1. The van der Waals surface area contributed by atoms with Gasteiger partial charge in [0.05, 0.1) is 6.61 Å². The smallest absolute Gasteiger partial charge is 0.123 e. The molecule has 0 bridgehead atoms. The molecular formula is C14H22FN3O. The summed E-state index contributed by atoms with van der Waals surface area (Å²) in [6, 6.07) is 6.54. The van der Waals surface area contributed by atoms with E-state index in [-0.39, 0.29) is 18.5 Å². The first-order chi connectivity index (χ1) is 9.19. The fourth-order valence-electron chi connectivity index (χ4n) is 2.32. The molecule has 0 saturated carbocycles. The average molecular weight is 267 g/mol. The van der Waals surface area contributed by atoms with Gasteiger partial charge in [-0.15, -0.1) is 0 Å². The zero-order chi connectivity index (χ0) is 13.7. The van der Waals surface area contributed by atoms with Crippen molar-refractivity contribution in [3.8, 4) is 0 Å². The summed E-state index contributed by atoms with van der Waals surface area (Å²) in [5.41, 5.74) is 6.78. The topological polar surface area (TPSA) is 52.7 Å². The average Bonchev–Trinajstić information content (AvgIpc) is 2.46. The maximum atomic E-state index is 12.9. The largest absolute Gasteiger partial charge is 0.395 e. The van der Waals surface area contributed by atoms with Gasteiger partial charge >= 0.3 is 0 Å². The Hall–Kier alpha value is -1.17. The zero-order valence-corrected chi connectivity index (χ0v) is 11.1. The van der Waals surface area contributed by atoms with Crippen LogP contribution in [0.4, 0.5) is 10.1 Å². The summed E-state index contributed by atoms with van der Waals surface area (Å²) in [5.74, 6) is -0.194. The summed E-state index contributed by atoms with van der Waals surface area (Å²) >= 11 is 0. The molecule has 0 amide bonds. The molecule has 0 radical (unpaired) electrons. The van der Waals surface area contributed by atoms with Crippen LogP contribution in [-0.4, -0.2) is 55.4 Å². The highest BCUT2D eigenvalue weighted by Gasteiger charge is 2.17. The monoisotopic (exact) mass is 267 g/mol.